The van der Waals surface area contributed by atoms with Crippen molar-refractivity contribution in [2.45, 2.75) is 19.6 Å². The molecule has 0 aliphatic carbocycles. The number of fused-ring (bicyclic) bond motifs is 1. The fourth-order valence-electron chi connectivity index (χ4n) is 2.08. The van der Waals surface area contributed by atoms with E-state index in [-0.39, 0.29) is 24.5 Å². The fraction of sp³-hybridized carbons (Fsp3) is 0.267. The number of carbonyl (C=O) groups excluding carboxylic acids is 1. The lowest BCUT2D eigenvalue weighted by Crippen LogP contribution is -2.40. The largest absolute Gasteiger partial charge is 0.485 e. The topological polar surface area (TPSA) is 70.4 Å². The number of ketones is 1. The number of aromatic nitrogens is 2. The van der Waals surface area contributed by atoms with Crippen LogP contribution in [-0.2, 0) is 11.3 Å². The first-order valence-corrected chi connectivity index (χ1v) is 6.58. The Morgan fingerprint density at radius 2 is 2.14 bits per heavy atom. The predicted molar refractivity (Wildman–Crippen MR) is 74.6 cm³/mol. The number of ether oxygens (including phenoxy) is 2. The van der Waals surface area contributed by atoms with E-state index in [9.17, 15) is 9.59 Å². The van der Waals surface area contributed by atoms with Gasteiger partial charge in [-0.15, -0.1) is 0 Å². The van der Waals surface area contributed by atoms with Crippen LogP contribution in [0.3, 0.4) is 0 Å². The molecule has 2 aromatic rings. The molecule has 6 nitrogen and oxygen atoms in total. The van der Waals surface area contributed by atoms with Crippen molar-refractivity contribution in [3.63, 3.8) is 0 Å². The Hall–Kier alpha value is -2.63. The van der Waals surface area contributed by atoms with Crippen molar-refractivity contribution in [2.24, 2.45) is 0 Å². The fourth-order valence-corrected chi connectivity index (χ4v) is 2.08. The Morgan fingerprint density at radius 3 is 2.90 bits per heavy atom. The summed E-state index contributed by atoms with van der Waals surface area (Å²) in [4.78, 5) is 28.0. The normalized spacial score (nSPS) is 16.5. The van der Waals surface area contributed by atoms with Gasteiger partial charge in [0.15, 0.2) is 23.4 Å². The number of benzene rings is 1. The summed E-state index contributed by atoms with van der Waals surface area (Å²) in [5, 5.41) is 0. The Kier molecular flexibility index (Phi) is 3.43. The second kappa shape index (κ2) is 5.40. The third-order valence-corrected chi connectivity index (χ3v) is 3.21. The van der Waals surface area contributed by atoms with Gasteiger partial charge in [-0.1, -0.05) is 12.1 Å². The van der Waals surface area contributed by atoms with Crippen LogP contribution in [0.1, 0.15) is 5.69 Å². The molecule has 0 N–H and O–H groups in total. The summed E-state index contributed by atoms with van der Waals surface area (Å²) in [7, 11) is 0. The molecule has 6 heteroatoms. The van der Waals surface area contributed by atoms with Gasteiger partial charge in [0.2, 0.25) is 0 Å². The first-order valence-electron chi connectivity index (χ1n) is 6.58. The predicted octanol–water partition coefficient (Wildman–Crippen LogP) is 0.961. The van der Waals surface area contributed by atoms with Crippen molar-refractivity contribution in [2.75, 3.05) is 6.61 Å². The molecule has 108 valence electrons. The minimum absolute atomic E-state index is 0.0810. The third-order valence-electron chi connectivity index (χ3n) is 3.21. The summed E-state index contributed by atoms with van der Waals surface area (Å²) in [6, 6.07) is 8.56. The number of para-hydroxylation sites is 2. The minimum atomic E-state index is -0.715. The molecule has 0 bridgehead atoms. The van der Waals surface area contributed by atoms with E-state index in [1.54, 1.807) is 19.1 Å². The summed E-state index contributed by atoms with van der Waals surface area (Å²) < 4.78 is 12.4. The molecule has 1 atom stereocenters. The molecule has 1 aromatic heterocycles. The van der Waals surface area contributed by atoms with Gasteiger partial charge in [0.1, 0.15) is 6.61 Å². The molecule has 21 heavy (non-hydrogen) atoms. The molecule has 0 saturated carbocycles. The molecule has 0 spiro atoms. The number of hydrogen-bond donors (Lipinski definition) is 0. The third kappa shape index (κ3) is 2.79. The Morgan fingerprint density at radius 1 is 1.38 bits per heavy atom. The maximum Gasteiger partial charge on any atom is 0.253 e. The quantitative estimate of drug-likeness (QED) is 0.840. The van der Waals surface area contributed by atoms with Gasteiger partial charge < -0.3 is 9.47 Å². The van der Waals surface area contributed by atoms with Gasteiger partial charge in [0.25, 0.3) is 5.56 Å². The van der Waals surface area contributed by atoms with Gasteiger partial charge >= 0.3 is 0 Å². The molecule has 3 rings (SSSR count). The zero-order valence-corrected chi connectivity index (χ0v) is 11.5. The van der Waals surface area contributed by atoms with Crippen molar-refractivity contribution in [3.8, 4) is 11.5 Å². The van der Waals surface area contributed by atoms with E-state index in [1.165, 1.54) is 17.0 Å². The molecule has 1 aliphatic rings. The highest BCUT2D eigenvalue weighted by Crippen LogP contribution is 2.31. The van der Waals surface area contributed by atoms with E-state index < -0.39 is 6.10 Å². The molecule has 0 fully saturated rings. The highest BCUT2D eigenvalue weighted by atomic mass is 16.6. The zero-order valence-electron chi connectivity index (χ0n) is 11.5. The van der Waals surface area contributed by atoms with Crippen LogP contribution in [0.5, 0.6) is 11.5 Å². The summed E-state index contributed by atoms with van der Waals surface area (Å²) in [5.74, 6) is 0.935. The standard InChI is InChI=1S/C15H14N2O4/c1-10-6-15(19)17(9-16-10)7-11(18)14-8-20-12-4-2-3-5-13(12)21-14/h2-6,9,14H,7-8H2,1H3. The molecule has 0 saturated heterocycles. The van der Waals surface area contributed by atoms with E-state index in [0.717, 1.165) is 0 Å². The minimum Gasteiger partial charge on any atom is -0.485 e. The van der Waals surface area contributed by atoms with Crippen LogP contribution in [0.4, 0.5) is 0 Å². The SMILES string of the molecule is Cc1cc(=O)n(CC(=O)C2COc3ccccc3O2)cn1. The van der Waals surface area contributed by atoms with Gasteiger partial charge in [0, 0.05) is 11.8 Å². The highest BCUT2D eigenvalue weighted by Gasteiger charge is 2.27. The Balaban J connectivity index is 1.74. The summed E-state index contributed by atoms with van der Waals surface area (Å²) in [5.41, 5.74) is 0.364. The van der Waals surface area contributed by atoms with E-state index in [2.05, 4.69) is 4.98 Å². The first kappa shape index (κ1) is 13.4. The van der Waals surface area contributed by atoms with Crippen LogP contribution >= 0.6 is 0 Å². The van der Waals surface area contributed by atoms with Gasteiger partial charge in [0.05, 0.1) is 12.9 Å². The number of rotatable bonds is 3. The van der Waals surface area contributed by atoms with E-state index in [1.807, 2.05) is 12.1 Å². The van der Waals surface area contributed by atoms with Crippen LogP contribution in [-0.4, -0.2) is 28.0 Å². The molecule has 1 unspecified atom stereocenters. The molecular weight excluding hydrogens is 272 g/mol. The van der Waals surface area contributed by atoms with Crippen molar-refractivity contribution < 1.29 is 14.3 Å². The van der Waals surface area contributed by atoms with E-state index >= 15 is 0 Å². The zero-order chi connectivity index (χ0) is 14.8. The van der Waals surface area contributed by atoms with Crippen molar-refractivity contribution in [1.82, 2.24) is 9.55 Å². The second-order valence-corrected chi connectivity index (χ2v) is 4.83. The molecule has 0 radical (unpaired) electrons. The van der Waals surface area contributed by atoms with Crippen molar-refractivity contribution in [3.05, 3.63) is 52.7 Å². The molecule has 1 aliphatic heterocycles. The van der Waals surface area contributed by atoms with E-state index in [4.69, 9.17) is 9.47 Å². The van der Waals surface area contributed by atoms with Crippen LogP contribution < -0.4 is 15.0 Å². The smallest absolute Gasteiger partial charge is 0.253 e. The average Bonchev–Trinajstić information content (AvgIpc) is 2.49. The molecule has 2 heterocycles. The first-order chi connectivity index (χ1) is 10.1. The average molecular weight is 286 g/mol. The molecule has 0 amide bonds. The lowest BCUT2D eigenvalue weighted by molar-refractivity contribution is -0.128. The summed E-state index contributed by atoms with van der Waals surface area (Å²) in [6.45, 7) is 1.79. The van der Waals surface area contributed by atoms with Crippen molar-refractivity contribution in [1.29, 1.82) is 0 Å². The van der Waals surface area contributed by atoms with Gasteiger partial charge in [-0.2, -0.15) is 0 Å². The number of Topliss-reactive ketones (excluding diaryl/α,β-unsaturated/α-hetero) is 1. The Bertz CT molecular complexity index is 738. The summed E-state index contributed by atoms with van der Waals surface area (Å²) >= 11 is 0. The van der Waals surface area contributed by atoms with Crippen LogP contribution in [0.2, 0.25) is 0 Å². The maximum absolute atomic E-state index is 12.2. The number of carbonyl (C=O) groups is 1. The van der Waals surface area contributed by atoms with Gasteiger partial charge in [-0.05, 0) is 19.1 Å². The van der Waals surface area contributed by atoms with Crippen LogP contribution in [0.25, 0.3) is 0 Å². The number of hydrogen-bond acceptors (Lipinski definition) is 5. The van der Waals surface area contributed by atoms with Gasteiger partial charge in [-0.25, -0.2) is 4.98 Å². The van der Waals surface area contributed by atoms with Crippen LogP contribution in [0.15, 0.2) is 41.5 Å². The Labute approximate surface area is 121 Å². The van der Waals surface area contributed by atoms with Crippen LogP contribution in [0, 0.1) is 6.92 Å². The number of nitrogens with zero attached hydrogens (tertiary/aromatic N) is 2. The van der Waals surface area contributed by atoms with E-state index in [0.29, 0.717) is 17.2 Å². The molecule has 1 aromatic carbocycles. The van der Waals surface area contributed by atoms with Gasteiger partial charge in [-0.3, -0.25) is 14.2 Å². The maximum atomic E-state index is 12.2. The lowest BCUT2D eigenvalue weighted by Gasteiger charge is -2.25. The second-order valence-electron chi connectivity index (χ2n) is 4.83. The molecular formula is C15H14N2O4. The van der Waals surface area contributed by atoms with Crippen molar-refractivity contribution >= 4 is 5.78 Å². The summed E-state index contributed by atoms with van der Waals surface area (Å²) in [6.07, 6.45) is 0.654. The monoisotopic (exact) mass is 286 g/mol. The lowest BCUT2D eigenvalue weighted by atomic mass is 10.2. The number of aryl methyl sites for hydroxylation is 1. The highest BCUT2D eigenvalue weighted by molar-refractivity contribution is 5.83.